The average Bonchev–Trinajstić information content (AvgIpc) is 2.01. The van der Waals surface area contributed by atoms with Gasteiger partial charge in [0.25, 0.3) is 0 Å². The van der Waals surface area contributed by atoms with Gasteiger partial charge in [0.05, 0.1) is 12.3 Å². The predicted octanol–water partition coefficient (Wildman–Crippen LogP) is 0.462. The minimum absolute atomic E-state index is 0.179. The normalized spacial score (nSPS) is 18.0. The Labute approximate surface area is 64.8 Å². The quantitative estimate of drug-likeness (QED) is 0.553. The van der Waals surface area contributed by atoms with Crippen LogP contribution in [0, 0.1) is 0 Å². The first-order valence-electron chi connectivity index (χ1n) is 3.25. The highest BCUT2D eigenvalue weighted by Gasteiger charge is 2.17. The van der Waals surface area contributed by atoms with Crippen LogP contribution in [0.1, 0.15) is 6.92 Å². The lowest BCUT2D eigenvalue weighted by Crippen LogP contribution is -2.18. The van der Waals surface area contributed by atoms with E-state index in [1.807, 2.05) is 0 Å². The summed E-state index contributed by atoms with van der Waals surface area (Å²) < 4.78 is 0. The number of hydrogen-bond donors (Lipinski definition) is 1. The molecule has 0 fully saturated rings. The van der Waals surface area contributed by atoms with E-state index >= 15 is 0 Å². The fourth-order valence-electron chi connectivity index (χ4n) is 0.812. The van der Waals surface area contributed by atoms with Crippen molar-refractivity contribution in [3.05, 3.63) is 23.9 Å². The summed E-state index contributed by atoms with van der Waals surface area (Å²) in [4.78, 5) is 14.9. The summed E-state index contributed by atoms with van der Waals surface area (Å²) in [6.07, 6.45) is 1.47. The Kier molecular flexibility index (Phi) is 2.01. The smallest absolute Gasteiger partial charge is 0.206 e. The van der Waals surface area contributed by atoms with Crippen molar-refractivity contribution in [2.75, 3.05) is 6.61 Å². The summed E-state index contributed by atoms with van der Waals surface area (Å²) in [5.74, 6) is -0.184. The number of Topliss-reactive ketones (excluding diaryl/α,β-unsaturated/α-hetero) is 1. The molecule has 0 aromatic heterocycles. The van der Waals surface area contributed by atoms with Crippen molar-refractivity contribution in [2.45, 2.75) is 6.92 Å². The van der Waals surface area contributed by atoms with Crippen molar-refractivity contribution >= 4 is 11.5 Å². The zero-order valence-corrected chi connectivity index (χ0v) is 6.29. The first-order chi connectivity index (χ1) is 5.16. The summed E-state index contributed by atoms with van der Waals surface area (Å²) in [5.41, 5.74) is 1.27. The molecular weight excluding hydrogens is 142 g/mol. The molecular formula is C8H9NO2. The predicted molar refractivity (Wildman–Crippen MR) is 42.4 cm³/mol. The molecule has 0 saturated heterocycles. The molecule has 0 saturated carbocycles. The minimum atomic E-state index is -0.184. The molecule has 1 aliphatic heterocycles. The number of hydrogen-bond acceptors (Lipinski definition) is 3. The van der Waals surface area contributed by atoms with E-state index < -0.39 is 0 Å². The monoisotopic (exact) mass is 151 g/mol. The van der Waals surface area contributed by atoms with Crippen molar-refractivity contribution < 1.29 is 9.90 Å². The summed E-state index contributed by atoms with van der Waals surface area (Å²) in [5, 5.41) is 8.71. The van der Waals surface area contributed by atoms with Gasteiger partial charge in [-0.2, -0.15) is 0 Å². The summed E-state index contributed by atoms with van der Waals surface area (Å²) in [6, 6.07) is 0. The van der Waals surface area contributed by atoms with Gasteiger partial charge < -0.3 is 5.11 Å². The van der Waals surface area contributed by atoms with E-state index in [1.54, 1.807) is 6.92 Å². The van der Waals surface area contributed by atoms with Gasteiger partial charge in [-0.3, -0.25) is 9.79 Å². The van der Waals surface area contributed by atoms with E-state index in [1.165, 1.54) is 6.20 Å². The van der Waals surface area contributed by atoms with Gasteiger partial charge in [0.2, 0.25) is 5.78 Å². The first kappa shape index (κ1) is 7.88. The number of rotatable bonds is 1. The number of ketones is 1. The molecule has 0 radical (unpaired) electrons. The molecule has 1 aliphatic rings. The molecule has 0 aromatic rings. The zero-order chi connectivity index (χ0) is 8.43. The number of carbonyl (C=O) groups is 1. The molecule has 0 bridgehead atoms. The Morgan fingerprint density at radius 2 is 2.36 bits per heavy atom. The lowest BCUT2D eigenvalue weighted by Gasteiger charge is -2.09. The van der Waals surface area contributed by atoms with Crippen LogP contribution in [-0.4, -0.2) is 23.2 Å². The van der Waals surface area contributed by atoms with E-state index in [0.29, 0.717) is 16.9 Å². The lowest BCUT2D eigenvalue weighted by molar-refractivity contribution is -0.109. The highest BCUT2D eigenvalue weighted by molar-refractivity contribution is 6.46. The third-order valence-electron chi connectivity index (χ3n) is 1.57. The van der Waals surface area contributed by atoms with Gasteiger partial charge >= 0.3 is 0 Å². The number of aliphatic imine (C=N–C) groups is 1. The van der Waals surface area contributed by atoms with Gasteiger partial charge in [-0.1, -0.05) is 6.58 Å². The van der Waals surface area contributed by atoms with Crippen LogP contribution < -0.4 is 0 Å². The summed E-state index contributed by atoms with van der Waals surface area (Å²) in [7, 11) is 0. The minimum Gasteiger partial charge on any atom is -0.392 e. The second-order valence-electron chi connectivity index (χ2n) is 2.33. The Hall–Kier alpha value is -1.22. The fourth-order valence-corrected chi connectivity index (χ4v) is 0.812. The summed E-state index contributed by atoms with van der Waals surface area (Å²) >= 11 is 0. The molecule has 3 nitrogen and oxygen atoms in total. The van der Waals surface area contributed by atoms with E-state index in [9.17, 15) is 4.79 Å². The van der Waals surface area contributed by atoms with E-state index in [-0.39, 0.29) is 12.4 Å². The molecule has 58 valence electrons. The Morgan fingerprint density at radius 1 is 1.73 bits per heavy atom. The molecule has 0 aliphatic carbocycles. The van der Waals surface area contributed by atoms with Gasteiger partial charge in [0.1, 0.15) is 0 Å². The maximum atomic E-state index is 11.1. The third kappa shape index (κ3) is 1.28. The molecule has 0 atom stereocenters. The van der Waals surface area contributed by atoms with Crippen molar-refractivity contribution in [1.29, 1.82) is 0 Å². The molecule has 0 spiro atoms. The van der Waals surface area contributed by atoms with Gasteiger partial charge in [-0.05, 0) is 6.92 Å². The van der Waals surface area contributed by atoms with E-state index in [0.717, 1.165) is 0 Å². The molecule has 11 heavy (non-hydrogen) atoms. The third-order valence-corrected chi connectivity index (χ3v) is 1.57. The topological polar surface area (TPSA) is 49.7 Å². The van der Waals surface area contributed by atoms with Crippen molar-refractivity contribution in [3.8, 4) is 0 Å². The van der Waals surface area contributed by atoms with Crippen LogP contribution in [-0.2, 0) is 4.79 Å². The standard InChI is InChI=1S/C8H9NO2/c1-5-7(4-10)3-9-6(2)8(5)11/h3,10H,1,4H2,2H3. The molecule has 1 N–H and O–H groups in total. The fraction of sp³-hybridized carbons (Fsp3) is 0.250. The van der Waals surface area contributed by atoms with Gasteiger partial charge in [-0.15, -0.1) is 0 Å². The highest BCUT2D eigenvalue weighted by atomic mass is 16.3. The van der Waals surface area contributed by atoms with Crippen LogP contribution in [0.4, 0.5) is 0 Å². The first-order valence-corrected chi connectivity index (χ1v) is 3.25. The Morgan fingerprint density at radius 3 is 2.91 bits per heavy atom. The van der Waals surface area contributed by atoms with Gasteiger partial charge in [-0.25, -0.2) is 0 Å². The number of carbonyl (C=O) groups excluding carboxylic acids is 1. The number of aliphatic hydroxyl groups excluding tert-OH is 1. The van der Waals surface area contributed by atoms with Gasteiger partial charge in [0.15, 0.2) is 0 Å². The van der Waals surface area contributed by atoms with E-state index in [4.69, 9.17) is 5.11 Å². The maximum Gasteiger partial charge on any atom is 0.206 e. The van der Waals surface area contributed by atoms with Crippen LogP contribution in [0.25, 0.3) is 0 Å². The van der Waals surface area contributed by atoms with Crippen LogP contribution in [0.3, 0.4) is 0 Å². The van der Waals surface area contributed by atoms with Crippen LogP contribution in [0.15, 0.2) is 28.9 Å². The Bertz CT molecular complexity index is 274. The zero-order valence-electron chi connectivity index (χ0n) is 6.29. The summed E-state index contributed by atoms with van der Waals surface area (Å²) in [6.45, 7) is 4.98. The lowest BCUT2D eigenvalue weighted by atomic mass is 10.0. The number of aliphatic hydroxyl groups is 1. The molecule has 0 unspecified atom stereocenters. The van der Waals surface area contributed by atoms with Crippen LogP contribution >= 0.6 is 0 Å². The largest absolute Gasteiger partial charge is 0.392 e. The van der Waals surface area contributed by atoms with Crippen molar-refractivity contribution in [3.63, 3.8) is 0 Å². The molecule has 0 amide bonds. The van der Waals surface area contributed by atoms with Crippen LogP contribution in [0.2, 0.25) is 0 Å². The molecule has 3 heteroatoms. The SMILES string of the molecule is C=C1C(=O)C(C)=NC=C1CO. The maximum absolute atomic E-state index is 11.1. The highest BCUT2D eigenvalue weighted by Crippen LogP contribution is 2.13. The average molecular weight is 151 g/mol. The molecule has 1 heterocycles. The second kappa shape index (κ2) is 2.80. The van der Waals surface area contributed by atoms with Crippen LogP contribution in [0.5, 0.6) is 0 Å². The van der Waals surface area contributed by atoms with Gasteiger partial charge in [0, 0.05) is 17.3 Å². The number of nitrogens with zero attached hydrogens (tertiary/aromatic N) is 1. The molecule has 1 rings (SSSR count). The van der Waals surface area contributed by atoms with Crippen molar-refractivity contribution in [1.82, 2.24) is 0 Å². The molecule has 0 aromatic carbocycles. The Balaban J connectivity index is 3.03. The van der Waals surface area contributed by atoms with E-state index in [2.05, 4.69) is 11.6 Å². The second-order valence-corrected chi connectivity index (χ2v) is 2.33. The van der Waals surface area contributed by atoms with Crippen molar-refractivity contribution in [2.24, 2.45) is 4.99 Å².